The van der Waals surface area contributed by atoms with E-state index in [1.807, 2.05) is 13.1 Å². The highest BCUT2D eigenvalue weighted by atomic mass is 15.3. The molecular weight excluding hydrogens is 222 g/mol. The smallest absolute Gasteiger partial charge is 0.121 e. The van der Waals surface area contributed by atoms with Crippen LogP contribution in [-0.2, 0) is 7.05 Å². The van der Waals surface area contributed by atoms with Gasteiger partial charge >= 0.3 is 0 Å². The van der Waals surface area contributed by atoms with Crippen LogP contribution in [0.4, 0.5) is 5.82 Å². The molecule has 1 saturated carbocycles. The molecule has 0 aliphatic heterocycles. The van der Waals surface area contributed by atoms with Gasteiger partial charge < -0.3 is 5.73 Å². The summed E-state index contributed by atoms with van der Waals surface area (Å²) < 4.78 is 1.72. The number of nitrogens with zero attached hydrogens (tertiary/aromatic N) is 2. The lowest BCUT2D eigenvalue weighted by molar-refractivity contribution is 0.723. The Bertz CT molecular complexity index is 531. The van der Waals surface area contributed by atoms with E-state index in [0.29, 0.717) is 5.82 Å². The van der Waals surface area contributed by atoms with Crippen LogP contribution < -0.4 is 5.73 Å². The van der Waals surface area contributed by atoms with Gasteiger partial charge in [0.15, 0.2) is 0 Å². The van der Waals surface area contributed by atoms with Crippen LogP contribution in [0.2, 0.25) is 0 Å². The summed E-state index contributed by atoms with van der Waals surface area (Å²) in [6.45, 7) is 0. The quantitative estimate of drug-likeness (QED) is 0.876. The van der Waals surface area contributed by atoms with Crippen LogP contribution in [0.15, 0.2) is 30.3 Å². The number of hydrogen-bond donors (Lipinski definition) is 1. The summed E-state index contributed by atoms with van der Waals surface area (Å²) in [5.74, 6) is 1.45. The van der Waals surface area contributed by atoms with E-state index in [4.69, 9.17) is 5.73 Å². The molecule has 1 aromatic carbocycles. The van der Waals surface area contributed by atoms with Crippen molar-refractivity contribution in [3.05, 3.63) is 35.9 Å². The number of benzene rings is 1. The van der Waals surface area contributed by atoms with Gasteiger partial charge in [-0.15, -0.1) is 0 Å². The van der Waals surface area contributed by atoms with Crippen LogP contribution in [0.1, 0.15) is 37.2 Å². The van der Waals surface area contributed by atoms with Crippen molar-refractivity contribution in [1.29, 1.82) is 0 Å². The number of hydrogen-bond acceptors (Lipinski definition) is 2. The average molecular weight is 241 g/mol. The number of anilines is 1. The Kier molecular flexibility index (Phi) is 2.82. The molecule has 2 aromatic rings. The van der Waals surface area contributed by atoms with Gasteiger partial charge in [0.05, 0.1) is 5.69 Å². The lowest BCUT2D eigenvalue weighted by Gasteiger charge is -2.10. The van der Waals surface area contributed by atoms with Crippen LogP contribution >= 0.6 is 0 Å². The standard InChI is InChI=1S/C15H19N3/c1-18-15(16)10-14(17-18)13-8-4-7-12(9-13)11-5-2-3-6-11/h4,7-11H,2-3,5-6,16H2,1H3. The van der Waals surface area contributed by atoms with Crippen molar-refractivity contribution >= 4 is 5.82 Å². The molecule has 0 saturated heterocycles. The Labute approximate surface area is 108 Å². The molecule has 0 bridgehead atoms. The molecule has 1 aliphatic rings. The zero-order chi connectivity index (χ0) is 12.5. The lowest BCUT2D eigenvalue weighted by Crippen LogP contribution is -1.96. The van der Waals surface area contributed by atoms with Crippen molar-refractivity contribution in [2.24, 2.45) is 7.05 Å². The first-order chi connectivity index (χ1) is 8.74. The number of nitrogen functional groups attached to an aromatic ring is 1. The largest absolute Gasteiger partial charge is 0.384 e. The van der Waals surface area contributed by atoms with Gasteiger partial charge in [0.2, 0.25) is 0 Å². The van der Waals surface area contributed by atoms with Gasteiger partial charge in [-0.25, -0.2) is 0 Å². The second-order valence-corrected chi connectivity index (χ2v) is 5.18. The molecule has 3 rings (SSSR count). The Morgan fingerprint density at radius 3 is 2.67 bits per heavy atom. The third-order valence-electron chi connectivity index (χ3n) is 3.92. The molecule has 1 aromatic heterocycles. The van der Waals surface area contributed by atoms with E-state index in [9.17, 15) is 0 Å². The fraction of sp³-hybridized carbons (Fsp3) is 0.400. The molecule has 0 spiro atoms. The molecule has 0 atom stereocenters. The summed E-state index contributed by atoms with van der Waals surface area (Å²) in [7, 11) is 1.87. The predicted octanol–water partition coefficient (Wildman–Crippen LogP) is 3.33. The monoisotopic (exact) mass is 241 g/mol. The normalized spacial score (nSPS) is 16.3. The van der Waals surface area contributed by atoms with Gasteiger partial charge in [0, 0.05) is 18.7 Å². The van der Waals surface area contributed by atoms with E-state index >= 15 is 0 Å². The summed E-state index contributed by atoms with van der Waals surface area (Å²) in [5.41, 5.74) is 9.43. The van der Waals surface area contributed by atoms with Crippen molar-refractivity contribution in [2.75, 3.05) is 5.73 Å². The number of aryl methyl sites for hydroxylation is 1. The second-order valence-electron chi connectivity index (χ2n) is 5.18. The number of aromatic nitrogens is 2. The van der Waals surface area contributed by atoms with Crippen LogP contribution in [0.5, 0.6) is 0 Å². The Morgan fingerprint density at radius 2 is 2.00 bits per heavy atom. The highest BCUT2D eigenvalue weighted by Gasteiger charge is 2.17. The SMILES string of the molecule is Cn1nc(-c2cccc(C3CCCC3)c2)cc1N. The minimum absolute atomic E-state index is 0.705. The average Bonchev–Trinajstić information content (AvgIpc) is 3.01. The van der Waals surface area contributed by atoms with Crippen LogP contribution in [-0.4, -0.2) is 9.78 Å². The van der Waals surface area contributed by atoms with Gasteiger partial charge in [-0.1, -0.05) is 31.0 Å². The molecule has 1 aliphatic carbocycles. The van der Waals surface area contributed by atoms with E-state index in [1.165, 1.54) is 36.8 Å². The Balaban J connectivity index is 1.95. The predicted molar refractivity (Wildman–Crippen MR) is 74.3 cm³/mol. The van der Waals surface area contributed by atoms with Crippen LogP contribution in [0.3, 0.4) is 0 Å². The van der Waals surface area contributed by atoms with E-state index in [1.54, 1.807) is 4.68 Å². The Hall–Kier alpha value is -1.77. The molecule has 3 nitrogen and oxygen atoms in total. The molecule has 3 heteroatoms. The molecule has 0 unspecified atom stereocenters. The molecule has 1 fully saturated rings. The van der Waals surface area contributed by atoms with E-state index in [-0.39, 0.29) is 0 Å². The third-order valence-corrected chi connectivity index (χ3v) is 3.92. The summed E-state index contributed by atoms with van der Waals surface area (Å²) in [6, 6.07) is 10.7. The van der Waals surface area contributed by atoms with Gasteiger partial charge in [0.25, 0.3) is 0 Å². The maximum absolute atomic E-state index is 5.84. The highest BCUT2D eigenvalue weighted by molar-refractivity contribution is 5.63. The zero-order valence-electron chi connectivity index (χ0n) is 10.8. The topological polar surface area (TPSA) is 43.8 Å². The van der Waals surface area contributed by atoms with Crippen LogP contribution in [0, 0.1) is 0 Å². The molecule has 0 amide bonds. The van der Waals surface area contributed by atoms with E-state index in [2.05, 4.69) is 29.4 Å². The minimum atomic E-state index is 0.705. The van der Waals surface area contributed by atoms with Crippen LogP contribution in [0.25, 0.3) is 11.3 Å². The number of rotatable bonds is 2. The lowest BCUT2D eigenvalue weighted by atomic mass is 9.95. The number of nitrogens with two attached hydrogens (primary N) is 1. The first-order valence-electron chi connectivity index (χ1n) is 6.64. The first kappa shape index (κ1) is 11.3. The Morgan fingerprint density at radius 1 is 1.22 bits per heavy atom. The van der Waals surface area contributed by atoms with Crippen molar-refractivity contribution in [2.45, 2.75) is 31.6 Å². The molecule has 18 heavy (non-hydrogen) atoms. The third kappa shape index (κ3) is 2.01. The summed E-state index contributed by atoms with van der Waals surface area (Å²) in [4.78, 5) is 0. The molecule has 0 radical (unpaired) electrons. The van der Waals surface area contributed by atoms with Gasteiger partial charge in [-0.3, -0.25) is 4.68 Å². The van der Waals surface area contributed by atoms with Crippen molar-refractivity contribution < 1.29 is 0 Å². The summed E-state index contributed by atoms with van der Waals surface area (Å²) >= 11 is 0. The zero-order valence-corrected chi connectivity index (χ0v) is 10.8. The van der Waals surface area contributed by atoms with Crippen molar-refractivity contribution in [3.63, 3.8) is 0 Å². The first-order valence-corrected chi connectivity index (χ1v) is 6.64. The fourth-order valence-corrected chi connectivity index (χ4v) is 2.83. The summed E-state index contributed by atoms with van der Waals surface area (Å²) in [6.07, 6.45) is 5.39. The van der Waals surface area contributed by atoms with Crippen molar-refractivity contribution in [1.82, 2.24) is 9.78 Å². The van der Waals surface area contributed by atoms with Crippen molar-refractivity contribution in [3.8, 4) is 11.3 Å². The van der Waals surface area contributed by atoms with E-state index < -0.39 is 0 Å². The van der Waals surface area contributed by atoms with Gasteiger partial charge in [0.1, 0.15) is 5.82 Å². The van der Waals surface area contributed by atoms with Gasteiger partial charge in [-0.2, -0.15) is 5.10 Å². The molecule has 94 valence electrons. The summed E-state index contributed by atoms with van der Waals surface area (Å²) in [5, 5.41) is 4.44. The molecule has 2 N–H and O–H groups in total. The minimum Gasteiger partial charge on any atom is -0.384 e. The fourth-order valence-electron chi connectivity index (χ4n) is 2.83. The molecule has 1 heterocycles. The maximum atomic E-state index is 5.84. The molecular formula is C15H19N3. The highest BCUT2D eigenvalue weighted by Crippen LogP contribution is 2.35. The van der Waals surface area contributed by atoms with Gasteiger partial charge in [-0.05, 0) is 30.4 Å². The maximum Gasteiger partial charge on any atom is 0.121 e. The second kappa shape index (κ2) is 4.48. The van der Waals surface area contributed by atoms with E-state index in [0.717, 1.165) is 11.6 Å².